The summed E-state index contributed by atoms with van der Waals surface area (Å²) in [5, 5.41) is 5.89. The average molecular weight is 315 g/mol. The first-order valence-corrected chi connectivity index (χ1v) is 8.41. The number of pyridine rings is 1. The molecule has 2 amide bonds. The van der Waals surface area contributed by atoms with Crippen LogP contribution in [0.25, 0.3) is 5.65 Å². The fourth-order valence-electron chi connectivity index (χ4n) is 3.08. The van der Waals surface area contributed by atoms with Gasteiger partial charge in [0.25, 0.3) is 0 Å². The van der Waals surface area contributed by atoms with E-state index < -0.39 is 0 Å². The Bertz CT molecular complexity index is 620. The summed E-state index contributed by atoms with van der Waals surface area (Å²) in [6, 6.07) is 5.85. The van der Waals surface area contributed by atoms with Crippen molar-refractivity contribution in [2.45, 2.75) is 19.8 Å². The van der Waals surface area contributed by atoms with E-state index in [1.54, 1.807) is 0 Å². The predicted octanol–water partition coefficient (Wildman–Crippen LogP) is 1.52. The van der Waals surface area contributed by atoms with Crippen molar-refractivity contribution in [3.05, 3.63) is 36.3 Å². The molecule has 1 aliphatic heterocycles. The van der Waals surface area contributed by atoms with Gasteiger partial charge >= 0.3 is 6.03 Å². The van der Waals surface area contributed by atoms with E-state index in [0.717, 1.165) is 43.9 Å². The van der Waals surface area contributed by atoms with Crippen LogP contribution in [0.5, 0.6) is 0 Å². The van der Waals surface area contributed by atoms with Crippen LogP contribution >= 0.6 is 0 Å². The van der Waals surface area contributed by atoms with Crippen LogP contribution in [-0.4, -0.2) is 53.0 Å². The number of nitrogens with one attached hydrogen (secondary N) is 2. The number of hydrogen-bond acceptors (Lipinski definition) is 3. The topological polar surface area (TPSA) is 61.7 Å². The molecule has 1 atom stereocenters. The van der Waals surface area contributed by atoms with Gasteiger partial charge in [0, 0.05) is 38.4 Å². The van der Waals surface area contributed by atoms with Crippen molar-refractivity contribution in [1.29, 1.82) is 0 Å². The first-order chi connectivity index (χ1) is 11.2. The van der Waals surface area contributed by atoms with E-state index in [4.69, 9.17) is 0 Å². The second-order valence-corrected chi connectivity index (χ2v) is 6.13. The van der Waals surface area contributed by atoms with Crippen LogP contribution < -0.4 is 10.6 Å². The summed E-state index contributed by atoms with van der Waals surface area (Å²) in [6.07, 6.45) is 5.90. The fourth-order valence-corrected chi connectivity index (χ4v) is 3.08. The lowest BCUT2D eigenvalue weighted by Gasteiger charge is -2.14. The standard InChI is InChI=1S/C17H25N5O/c1-2-21-10-7-14(12-21)11-19-17(23)18-8-6-15-13-22-9-4-3-5-16(22)20-15/h3-5,9,13-14H,2,6-8,10-12H2,1H3,(H2,18,19,23)/t14-/m1/s1. The van der Waals surface area contributed by atoms with E-state index in [0.29, 0.717) is 12.5 Å². The summed E-state index contributed by atoms with van der Waals surface area (Å²) in [7, 11) is 0. The molecule has 1 saturated heterocycles. The summed E-state index contributed by atoms with van der Waals surface area (Å²) < 4.78 is 2.00. The van der Waals surface area contributed by atoms with E-state index in [-0.39, 0.29) is 6.03 Å². The summed E-state index contributed by atoms with van der Waals surface area (Å²) in [6.45, 7) is 6.89. The van der Waals surface area contributed by atoms with Gasteiger partial charge in [-0.2, -0.15) is 0 Å². The van der Waals surface area contributed by atoms with Crippen LogP contribution in [0.3, 0.4) is 0 Å². The highest BCUT2D eigenvalue weighted by Gasteiger charge is 2.21. The quantitative estimate of drug-likeness (QED) is 0.849. The normalized spacial score (nSPS) is 18.4. The molecule has 0 aliphatic carbocycles. The van der Waals surface area contributed by atoms with E-state index in [2.05, 4.69) is 27.4 Å². The van der Waals surface area contributed by atoms with Crippen molar-refractivity contribution >= 4 is 11.7 Å². The Balaban J connectivity index is 1.36. The Hall–Kier alpha value is -2.08. The van der Waals surface area contributed by atoms with Gasteiger partial charge in [0.15, 0.2) is 0 Å². The van der Waals surface area contributed by atoms with Crippen LogP contribution in [0.1, 0.15) is 19.0 Å². The minimum absolute atomic E-state index is 0.0799. The molecule has 2 aromatic rings. The molecule has 0 radical (unpaired) electrons. The Morgan fingerprint density at radius 1 is 1.39 bits per heavy atom. The van der Waals surface area contributed by atoms with Gasteiger partial charge in [-0.05, 0) is 37.6 Å². The number of carbonyl (C=O) groups excluding carboxylic acids is 1. The Kier molecular flexibility index (Phi) is 5.12. The number of rotatable bonds is 6. The third-order valence-electron chi connectivity index (χ3n) is 4.45. The number of hydrogen-bond donors (Lipinski definition) is 2. The number of aromatic nitrogens is 2. The molecular formula is C17H25N5O. The van der Waals surface area contributed by atoms with Gasteiger partial charge in [-0.15, -0.1) is 0 Å². The van der Waals surface area contributed by atoms with Crippen LogP contribution in [0.2, 0.25) is 0 Å². The number of amides is 2. The van der Waals surface area contributed by atoms with E-state index >= 15 is 0 Å². The molecule has 1 fully saturated rings. The highest BCUT2D eigenvalue weighted by atomic mass is 16.2. The second kappa shape index (κ2) is 7.46. The first kappa shape index (κ1) is 15.8. The number of urea groups is 1. The maximum atomic E-state index is 11.9. The van der Waals surface area contributed by atoms with Crippen molar-refractivity contribution in [3.8, 4) is 0 Å². The molecule has 0 spiro atoms. The highest BCUT2D eigenvalue weighted by molar-refractivity contribution is 5.73. The summed E-state index contributed by atoms with van der Waals surface area (Å²) in [4.78, 5) is 18.8. The second-order valence-electron chi connectivity index (χ2n) is 6.13. The third-order valence-corrected chi connectivity index (χ3v) is 4.45. The van der Waals surface area contributed by atoms with Gasteiger partial charge < -0.3 is 19.9 Å². The van der Waals surface area contributed by atoms with Gasteiger partial charge in [-0.3, -0.25) is 0 Å². The molecule has 1 aliphatic rings. The van der Waals surface area contributed by atoms with Gasteiger partial charge in [0.1, 0.15) is 5.65 Å². The van der Waals surface area contributed by atoms with E-state index in [9.17, 15) is 4.79 Å². The first-order valence-electron chi connectivity index (χ1n) is 8.41. The Labute approximate surface area is 136 Å². The Morgan fingerprint density at radius 2 is 2.30 bits per heavy atom. The molecule has 124 valence electrons. The SMILES string of the molecule is CCN1CC[C@H](CNC(=O)NCCc2cn3ccccc3n2)C1. The summed E-state index contributed by atoms with van der Waals surface area (Å²) in [5.41, 5.74) is 1.93. The van der Waals surface area contributed by atoms with Gasteiger partial charge in [0.2, 0.25) is 0 Å². The van der Waals surface area contributed by atoms with Crippen molar-refractivity contribution in [3.63, 3.8) is 0 Å². The van der Waals surface area contributed by atoms with Crippen molar-refractivity contribution in [2.24, 2.45) is 5.92 Å². The number of likely N-dealkylation sites (tertiary alicyclic amines) is 1. The monoisotopic (exact) mass is 315 g/mol. The van der Waals surface area contributed by atoms with Gasteiger partial charge in [0.05, 0.1) is 5.69 Å². The number of nitrogens with zero attached hydrogens (tertiary/aromatic N) is 3. The maximum Gasteiger partial charge on any atom is 0.314 e. The fraction of sp³-hybridized carbons (Fsp3) is 0.529. The molecule has 2 N–H and O–H groups in total. The van der Waals surface area contributed by atoms with Crippen LogP contribution in [-0.2, 0) is 6.42 Å². The maximum absolute atomic E-state index is 11.9. The molecule has 6 heteroatoms. The summed E-state index contributed by atoms with van der Waals surface area (Å²) >= 11 is 0. The Morgan fingerprint density at radius 3 is 3.09 bits per heavy atom. The summed E-state index contributed by atoms with van der Waals surface area (Å²) in [5.74, 6) is 0.583. The van der Waals surface area contributed by atoms with E-state index in [1.165, 1.54) is 6.42 Å². The minimum atomic E-state index is -0.0799. The number of imidazole rings is 1. The zero-order chi connectivity index (χ0) is 16.1. The molecule has 23 heavy (non-hydrogen) atoms. The van der Waals surface area contributed by atoms with Crippen molar-refractivity contribution in [1.82, 2.24) is 24.9 Å². The minimum Gasteiger partial charge on any atom is -0.338 e. The number of fused-ring (bicyclic) bond motifs is 1. The zero-order valence-electron chi connectivity index (χ0n) is 13.7. The molecule has 2 aromatic heterocycles. The molecule has 0 saturated carbocycles. The van der Waals surface area contributed by atoms with Gasteiger partial charge in [-0.1, -0.05) is 13.0 Å². The smallest absolute Gasteiger partial charge is 0.314 e. The van der Waals surface area contributed by atoms with Crippen LogP contribution in [0.4, 0.5) is 4.79 Å². The lowest BCUT2D eigenvalue weighted by atomic mass is 10.1. The molecule has 3 heterocycles. The highest BCUT2D eigenvalue weighted by Crippen LogP contribution is 2.14. The van der Waals surface area contributed by atoms with Crippen molar-refractivity contribution < 1.29 is 4.79 Å². The lowest BCUT2D eigenvalue weighted by Crippen LogP contribution is -2.39. The largest absolute Gasteiger partial charge is 0.338 e. The van der Waals surface area contributed by atoms with Crippen molar-refractivity contribution in [2.75, 3.05) is 32.7 Å². The van der Waals surface area contributed by atoms with E-state index in [1.807, 2.05) is 35.0 Å². The third kappa shape index (κ3) is 4.22. The molecule has 6 nitrogen and oxygen atoms in total. The average Bonchev–Trinajstić information content (AvgIpc) is 3.19. The molecule has 0 bridgehead atoms. The molecule has 3 rings (SSSR count). The number of carbonyl (C=O) groups is 1. The van der Waals surface area contributed by atoms with Crippen LogP contribution in [0.15, 0.2) is 30.6 Å². The lowest BCUT2D eigenvalue weighted by molar-refractivity contribution is 0.238. The molecule has 0 aromatic carbocycles. The molecule has 0 unspecified atom stereocenters. The molecular weight excluding hydrogens is 290 g/mol. The zero-order valence-corrected chi connectivity index (χ0v) is 13.7. The van der Waals surface area contributed by atoms with Gasteiger partial charge in [-0.25, -0.2) is 9.78 Å². The van der Waals surface area contributed by atoms with Crippen LogP contribution in [0, 0.1) is 5.92 Å². The predicted molar refractivity (Wildman–Crippen MR) is 90.5 cm³/mol.